The molecule has 0 bridgehead atoms. The van der Waals surface area contributed by atoms with Crippen molar-refractivity contribution in [3.05, 3.63) is 53.0 Å². The van der Waals surface area contributed by atoms with Gasteiger partial charge >= 0.3 is 0 Å². The van der Waals surface area contributed by atoms with Crippen LogP contribution in [-0.2, 0) is 6.42 Å². The Labute approximate surface area is 176 Å². The van der Waals surface area contributed by atoms with Crippen LogP contribution in [0.5, 0.6) is 0 Å². The zero-order valence-corrected chi connectivity index (χ0v) is 18.2. The minimum absolute atomic E-state index is 0.440. The van der Waals surface area contributed by atoms with Gasteiger partial charge < -0.3 is 10.6 Å². The lowest BCUT2D eigenvalue weighted by atomic mass is 10.0. The molecule has 3 aliphatic rings. The van der Waals surface area contributed by atoms with Gasteiger partial charge in [-0.1, -0.05) is 67.7 Å². The van der Waals surface area contributed by atoms with Crippen LogP contribution in [0.1, 0.15) is 32.3 Å². The SMILES string of the molecule is CC(C)C1CCSC(Nc2ccc(CCN=C3NC4CC=CC=C4S3)cc2)=N1. The van der Waals surface area contributed by atoms with Crippen LogP contribution in [0.2, 0.25) is 0 Å². The van der Waals surface area contributed by atoms with Crippen LogP contribution in [0.4, 0.5) is 5.69 Å². The maximum absolute atomic E-state index is 4.86. The topological polar surface area (TPSA) is 48.8 Å². The van der Waals surface area contributed by atoms with Gasteiger partial charge in [0.05, 0.1) is 12.1 Å². The third-order valence-electron chi connectivity index (χ3n) is 5.19. The van der Waals surface area contributed by atoms with Crippen LogP contribution in [0.3, 0.4) is 0 Å². The fraction of sp³-hybridized carbons (Fsp3) is 0.455. The minimum Gasteiger partial charge on any atom is -0.357 e. The summed E-state index contributed by atoms with van der Waals surface area (Å²) >= 11 is 3.60. The summed E-state index contributed by atoms with van der Waals surface area (Å²) in [5.41, 5.74) is 2.43. The Bertz CT molecular complexity index is 808. The van der Waals surface area contributed by atoms with E-state index in [9.17, 15) is 0 Å². The van der Waals surface area contributed by atoms with E-state index < -0.39 is 0 Å². The molecule has 0 aromatic heterocycles. The molecule has 6 heteroatoms. The third kappa shape index (κ3) is 5.03. The van der Waals surface area contributed by atoms with Crippen LogP contribution in [0.15, 0.2) is 57.4 Å². The van der Waals surface area contributed by atoms with Gasteiger partial charge in [-0.25, -0.2) is 0 Å². The Kier molecular flexibility index (Phi) is 6.47. The lowest BCUT2D eigenvalue weighted by Crippen LogP contribution is -2.26. The van der Waals surface area contributed by atoms with Gasteiger partial charge in [-0.3, -0.25) is 9.98 Å². The van der Waals surface area contributed by atoms with E-state index in [0.717, 1.165) is 41.2 Å². The van der Waals surface area contributed by atoms with Crippen molar-refractivity contribution in [3.63, 3.8) is 0 Å². The molecule has 2 heterocycles. The number of amidine groups is 2. The number of anilines is 1. The molecule has 2 atom stereocenters. The van der Waals surface area contributed by atoms with Crippen LogP contribution in [0, 0.1) is 5.92 Å². The number of hydrogen-bond acceptors (Lipinski definition) is 5. The molecule has 148 valence electrons. The molecule has 1 aliphatic carbocycles. The van der Waals surface area contributed by atoms with Crippen molar-refractivity contribution in [3.8, 4) is 0 Å². The first-order valence-electron chi connectivity index (χ1n) is 10.1. The molecule has 2 N–H and O–H groups in total. The first kappa shape index (κ1) is 19.6. The summed E-state index contributed by atoms with van der Waals surface area (Å²) < 4.78 is 0. The summed E-state index contributed by atoms with van der Waals surface area (Å²) in [6, 6.07) is 9.57. The number of allylic oxidation sites excluding steroid dienone is 2. The lowest BCUT2D eigenvalue weighted by molar-refractivity contribution is 0.485. The minimum atomic E-state index is 0.440. The quantitative estimate of drug-likeness (QED) is 0.709. The number of nitrogens with one attached hydrogen (secondary N) is 2. The van der Waals surface area contributed by atoms with Crippen LogP contribution in [-0.4, -0.2) is 34.7 Å². The molecular weight excluding hydrogens is 384 g/mol. The highest BCUT2D eigenvalue weighted by Crippen LogP contribution is 2.31. The second kappa shape index (κ2) is 9.23. The fourth-order valence-electron chi connectivity index (χ4n) is 3.46. The average molecular weight is 413 g/mol. The van der Waals surface area contributed by atoms with Crippen molar-refractivity contribution >= 4 is 39.5 Å². The number of rotatable bonds is 5. The van der Waals surface area contributed by atoms with Crippen LogP contribution < -0.4 is 10.6 Å². The molecule has 28 heavy (non-hydrogen) atoms. The zero-order chi connectivity index (χ0) is 19.3. The number of benzene rings is 1. The van der Waals surface area contributed by atoms with Crippen molar-refractivity contribution in [2.45, 2.75) is 45.2 Å². The normalized spacial score (nSPS) is 25.3. The molecule has 1 aromatic rings. The summed E-state index contributed by atoms with van der Waals surface area (Å²) in [7, 11) is 0. The highest BCUT2D eigenvalue weighted by atomic mass is 32.2. The van der Waals surface area contributed by atoms with E-state index in [1.54, 1.807) is 11.8 Å². The number of aliphatic imine (C=N–C) groups is 2. The first-order valence-corrected chi connectivity index (χ1v) is 11.9. The van der Waals surface area contributed by atoms with E-state index in [2.05, 4.69) is 67.0 Å². The summed E-state index contributed by atoms with van der Waals surface area (Å²) in [5.74, 6) is 1.75. The Morgan fingerprint density at radius 2 is 2.14 bits per heavy atom. The fourth-order valence-corrected chi connectivity index (χ4v) is 5.43. The average Bonchev–Trinajstić information content (AvgIpc) is 3.12. The zero-order valence-electron chi connectivity index (χ0n) is 16.5. The molecule has 1 aromatic carbocycles. The molecule has 0 spiro atoms. The van der Waals surface area contributed by atoms with E-state index in [4.69, 9.17) is 9.98 Å². The molecule has 1 saturated heterocycles. The Hall–Kier alpha value is -1.66. The van der Waals surface area contributed by atoms with Gasteiger partial charge in [-0.2, -0.15) is 0 Å². The summed E-state index contributed by atoms with van der Waals surface area (Å²) in [5, 5.41) is 9.11. The molecule has 1 fully saturated rings. The van der Waals surface area contributed by atoms with Gasteiger partial charge in [0.25, 0.3) is 0 Å². The van der Waals surface area contributed by atoms with E-state index in [1.165, 1.54) is 16.9 Å². The molecule has 2 aliphatic heterocycles. The van der Waals surface area contributed by atoms with E-state index >= 15 is 0 Å². The second-order valence-electron chi connectivity index (χ2n) is 7.67. The Morgan fingerprint density at radius 3 is 2.93 bits per heavy atom. The lowest BCUT2D eigenvalue weighted by Gasteiger charge is -2.23. The van der Waals surface area contributed by atoms with Crippen molar-refractivity contribution in [2.75, 3.05) is 17.6 Å². The highest BCUT2D eigenvalue weighted by molar-refractivity contribution is 8.17. The van der Waals surface area contributed by atoms with E-state index in [0.29, 0.717) is 18.0 Å². The smallest absolute Gasteiger partial charge is 0.161 e. The summed E-state index contributed by atoms with van der Waals surface area (Å²) in [4.78, 5) is 11.0. The predicted molar refractivity (Wildman–Crippen MR) is 126 cm³/mol. The van der Waals surface area contributed by atoms with Crippen molar-refractivity contribution < 1.29 is 0 Å². The second-order valence-corrected chi connectivity index (χ2v) is 9.82. The molecular formula is C22H28N4S2. The molecule has 0 saturated carbocycles. The molecule has 0 amide bonds. The molecule has 2 unspecified atom stereocenters. The molecule has 4 rings (SSSR count). The largest absolute Gasteiger partial charge is 0.357 e. The monoisotopic (exact) mass is 412 g/mol. The highest BCUT2D eigenvalue weighted by Gasteiger charge is 2.25. The summed E-state index contributed by atoms with van der Waals surface area (Å²) in [6.45, 7) is 5.32. The van der Waals surface area contributed by atoms with Gasteiger partial charge in [0.15, 0.2) is 10.3 Å². The van der Waals surface area contributed by atoms with Gasteiger partial charge in [-0.15, -0.1) is 0 Å². The van der Waals surface area contributed by atoms with Crippen molar-refractivity contribution in [1.29, 1.82) is 0 Å². The first-order chi connectivity index (χ1) is 13.7. The Balaban J connectivity index is 1.28. The Morgan fingerprint density at radius 1 is 1.29 bits per heavy atom. The van der Waals surface area contributed by atoms with Gasteiger partial charge in [0, 0.05) is 22.9 Å². The van der Waals surface area contributed by atoms with E-state index in [-0.39, 0.29) is 0 Å². The van der Waals surface area contributed by atoms with Crippen molar-refractivity contribution in [1.82, 2.24) is 5.32 Å². The van der Waals surface area contributed by atoms with Gasteiger partial charge in [-0.05, 0) is 42.9 Å². The van der Waals surface area contributed by atoms with Crippen LogP contribution in [0.25, 0.3) is 0 Å². The van der Waals surface area contributed by atoms with Crippen molar-refractivity contribution in [2.24, 2.45) is 15.9 Å². The number of hydrogen-bond donors (Lipinski definition) is 2. The maximum atomic E-state index is 4.86. The molecule has 4 nitrogen and oxygen atoms in total. The van der Waals surface area contributed by atoms with Crippen LogP contribution >= 0.6 is 23.5 Å². The third-order valence-corrected chi connectivity index (χ3v) is 7.21. The maximum Gasteiger partial charge on any atom is 0.161 e. The number of nitrogens with zero attached hydrogens (tertiary/aromatic N) is 2. The number of fused-ring (bicyclic) bond motifs is 1. The summed E-state index contributed by atoms with van der Waals surface area (Å²) in [6.07, 6.45) is 9.74. The van der Waals surface area contributed by atoms with E-state index in [1.807, 2.05) is 11.8 Å². The van der Waals surface area contributed by atoms with Gasteiger partial charge in [0.1, 0.15) is 0 Å². The number of thioether (sulfide) groups is 2. The standard InChI is InChI=1S/C22H28N4S2/c1-15(2)18-12-14-27-22(25-18)24-17-9-7-16(8-10-17)11-13-23-21-26-19-5-3-4-6-20(19)28-21/h3-4,6-10,15,18-19H,5,11-14H2,1-2H3,(H,23,26)(H,24,25). The predicted octanol–water partition coefficient (Wildman–Crippen LogP) is 5.06. The molecule has 0 radical (unpaired) electrons. The van der Waals surface area contributed by atoms with Gasteiger partial charge in [0.2, 0.25) is 0 Å².